The van der Waals surface area contributed by atoms with E-state index in [2.05, 4.69) is 24.0 Å². The van der Waals surface area contributed by atoms with E-state index in [1.807, 2.05) is 11.0 Å². The normalized spacial score (nSPS) is 21.4. The summed E-state index contributed by atoms with van der Waals surface area (Å²) in [6.45, 7) is 5.83. The molecule has 170 valence electrons. The number of halogens is 1. The van der Waals surface area contributed by atoms with Gasteiger partial charge in [-0.1, -0.05) is 25.4 Å². The maximum Gasteiger partial charge on any atom is 0.320 e. The molecule has 2 aromatic rings. The molecule has 2 saturated heterocycles. The van der Waals surface area contributed by atoms with Crippen molar-refractivity contribution in [3.63, 3.8) is 0 Å². The summed E-state index contributed by atoms with van der Waals surface area (Å²) in [4.78, 5) is 16.3. The molecule has 2 amide bonds. The van der Waals surface area contributed by atoms with Crippen LogP contribution < -0.4 is 0 Å². The van der Waals surface area contributed by atoms with Crippen molar-refractivity contribution >= 4 is 38.4 Å². The number of aromatic amines is 1. The highest BCUT2D eigenvalue weighted by molar-refractivity contribution is 7.91. The summed E-state index contributed by atoms with van der Waals surface area (Å²) < 4.78 is 23.2. The highest BCUT2D eigenvalue weighted by atomic mass is 35.5. The highest BCUT2D eigenvalue weighted by Crippen LogP contribution is 2.46. The number of amides is 2. The third kappa shape index (κ3) is 4.40. The monoisotopic (exact) mass is 468 g/mol. The number of urea groups is 1. The summed E-state index contributed by atoms with van der Waals surface area (Å²) in [5.41, 5.74) is 1.09. The number of H-pyrrole nitrogens is 1. The number of carbonyl (C=O) groups excluding carboxylic acids is 1. The quantitative estimate of drug-likeness (QED) is 0.720. The van der Waals surface area contributed by atoms with E-state index in [9.17, 15) is 18.3 Å². The Kier molecular flexibility index (Phi) is 5.95. The fourth-order valence-electron chi connectivity index (χ4n) is 4.81. The Balaban J connectivity index is 1.43. The Morgan fingerprint density at radius 3 is 2.45 bits per heavy atom. The van der Waals surface area contributed by atoms with Gasteiger partial charge in [-0.25, -0.2) is 13.2 Å². The number of carbonyl (C=O) groups is 1. The van der Waals surface area contributed by atoms with E-state index in [0.717, 1.165) is 29.3 Å². The average Bonchev–Trinajstić information content (AvgIpc) is 3.20. The van der Waals surface area contributed by atoms with E-state index >= 15 is 0 Å². The fraction of sp³-hybridized carbons (Fsp3) is 0.619. The molecular formula is C21H29ClN4O4S. The van der Waals surface area contributed by atoms with Crippen LogP contribution >= 0.6 is 11.6 Å². The number of aliphatic hydroxyl groups excluding tert-OH is 1. The third-order valence-electron chi connectivity index (χ3n) is 6.98. The smallest absolute Gasteiger partial charge is 0.320 e. The lowest BCUT2D eigenvalue weighted by atomic mass is 9.68. The number of fused-ring (bicyclic) bond motifs is 1. The van der Waals surface area contributed by atoms with Gasteiger partial charge in [0.05, 0.1) is 29.3 Å². The molecule has 10 heteroatoms. The summed E-state index contributed by atoms with van der Waals surface area (Å²) in [5, 5.41) is 19.8. The number of rotatable bonds is 3. The summed E-state index contributed by atoms with van der Waals surface area (Å²) in [6.07, 6.45) is 2.50. The lowest BCUT2D eigenvalue weighted by molar-refractivity contribution is -0.0156. The van der Waals surface area contributed by atoms with Gasteiger partial charge in [-0.15, -0.1) is 0 Å². The molecule has 3 heterocycles. The number of hydrogen-bond acceptors (Lipinski definition) is 5. The van der Waals surface area contributed by atoms with Crippen molar-refractivity contribution in [1.82, 2.24) is 20.0 Å². The molecule has 2 N–H and O–H groups in total. The number of sulfone groups is 1. The average molecular weight is 469 g/mol. The third-order valence-corrected chi connectivity index (χ3v) is 8.80. The molecule has 0 spiro atoms. The summed E-state index contributed by atoms with van der Waals surface area (Å²) in [5.74, 6) is 0.289. The topological polar surface area (TPSA) is 107 Å². The first-order valence-corrected chi connectivity index (χ1v) is 12.8. The Morgan fingerprint density at radius 2 is 1.81 bits per heavy atom. The minimum atomic E-state index is -3.02. The second-order valence-electron chi connectivity index (χ2n) is 9.24. The van der Waals surface area contributed by atoms with Crippen LogP contribution in [0.5, 0.6) is 0 Å². The maximum absolute atomic E-state index is 12.8. The molecule has 4 rings (SSSR count). The van der Waals surface area contributed by atoms with Crippen LogP contribution in [0.2, 0.25) is 5.02 Å². The van der Waals surface area contributed by atoms with E-state index in [1.54, 1.807) is 17.2 Å². The maximum atomic E-state index is 12.8. The number of hydrogen-bond donors (Lipinski definition) is 2. The van der Waals surface area contributed by atoms with Gasteiger partial charge in [-0.3, -0.25) is 5.10 Å². The molecule has 2 aliphatic heterocycles. The molecule has 0 radical (unpaired) electrons. The molecule has 1 aromatic carbocycles. The van der Waals surface area contributed by atoms with Crippen LogP contribution in [0, 0.1) is 11.3 Å². The van der Waals surface area contributed by atoms with Crippen LogP contribution in [0.1, 0.15) is 38.4 Å². The predicted molar refractivity (Wildman–Crippen MR) is 120 cm³/mol. The van der Waals surface area contributed by atoms with Crippen LogP contribution in [-0.2, 0) is 9.84 Å². The molecule has 0 bridgehead atoms. The van der Waals surface area contributed by atoms with Crippen molar-refractivity contribution in [3.8, 4) is 0 Å². The minimum Gasteiger partial charge on any atom is -0.388 e. The van der Waals surface area contributed by atoms with Crippen LogP contribution in [-0.4, -0.2) is 77.2 Å². The molecule has 0 saturated carbocycles. The van der Waals surface area contributed by atoms with Crippen LogP contribution in [0.3, 0.4) is 0 Å². The molecular weight excluding hydrogens is 440 g/mol. The number of aliphatic hydroxyl groups is 1. The SMILES string of the molecule is CC(C)(C1CCN(C(=O)N2CCS(=O)(=O)CC2)CC1)C(O)c1cc(Cl)cc2cn[nH]c12. The summed E-state index contributed by atoms with van der Waals surface area (Å²) in [7, 11) is -3.02. The number of piperidine rings is 1. The van der Waals surface area contributed by atoms with Crippen molar-refractivity contribution in [2.75, 3.05) is 37.7 Å². The lowest BCUT2D eigenvalue weighted by Gasteiger charge is -2.44. The Labute approximate surface area is 187 Å². The first kappa shape index (κ1) is 22.4. The number of likely N-dealkylation sites (tertiary alicyclic amines) is 1. The second kappa shape index (κ2) is 8.26. The molecule has 1 unspecified atom stereocenters. The van der Waals surface area contributed by atoms with Crippen molar-refractivity contribution in [3.05, 3.63) is 28.9 Å². The standard InChI is InChI=1S/C21H29ClN4O4S/c1-21(2,19(27)17-12-16(22)11-14-13-23-24-18(14)17)15-3-5-25(6-4-15)20(28)26-7-9-31(29,30)10-8-26/h11-13,15,19,27H,3-10H2,1-2H3,(H,23,24). The molecule has 0 aliphatic carbocycles. The molecule has 1 aromatic heterocycles. The van der Waals surface area contributed by atoms with Gasteiger partial charge in [0.2, 0.25) is 0 Å². The van der Waals surface area contributed by atoms with Gasteiger partial charge in [0.15, 0.2) is 9.84 Å². The minimum absolute atomic E-state index is 0.0378. The van der Waals surface area contributed by atoms with Gasteiger partial charge in [-0.05, 0) is 36.3 Å². The van der Waals surface area contributed by atoms with E-state index in [4.69, 9.17) is 11.6 Å². The largest absolute Gasteiger partial charge is 0.388 e. The van der Waals surface area contributed by atoms with Crippen molar-refractivity contribution in [2.45, 2.75) is 32.8 Å². The number of benzene rings is 1. The number of aromatic nitrogens is 2. The first-order valence-electron chi connectivity index (χ1n) is 10.6. The molecule has 2 aliphatic rings. The van der Waals surface area contributed by atoms with E-state index in [1.165, 1.54) is 0 Å². The van der Waals surface area contributed by atoms with Gasteiger partial charge in [0.25, 0.3) is 0 Å². The second-order valence-corrected chi connectivity index (χ2v) is 12.0. The summed E-state index contributed by atoms with van der Waals surface area (Å²) >= 11 is 6.27. The predicted octanol–water partition coefficient (Wildman–Crippen LogP) is 2.84. The van der Waals surface area contributed by atoms with Gasteiger partial charge >= 0.3 is 6.03 Å². The lowest BCUT2D eigenvalue weighted by Crippen LogP contribution is -2.52. The van der Waals surface area contributed by atoms with Gasteiger partial charge in [0.1, 0.15) is 0 Å². The zero-order valence-electron chi connectivity index (χ0n) is 17.8. The Hall–Kier alpha value is -1.84. The number of nitrogens with one attached hydrogen (secondary N) is 1. The zero-order valence-corrected chi connectivity index (χ0v) is 19.4. The Morgan fingerprint density at radius 1 is 1.19 bits per heavy atom. The van der Waals surface area contributed by atoms with E-state index in [0.29, 0.717) is 18.1 Å². The molecule has 8 nitrogen and oxygen atoms in total. The van der Waals surface area contributed by atoms with Crippen LogP contribution in [0.15, 0.2) is 18.3 Å². The van der Waals surface area contributed by atoms with Crippen LogP contribution in [0.4, 0.5) is 4.79 Å². The number of nitrogens with zero attached hydrogens (tertiary/aromatic N) is 3. The van der Waals surface area contributed by atoms with Crippen LogP contribution in [0.25, 0.3) is 10.9 Å². The zero-order chi connectivity index (χ0) is 22.4. The first-order chi connectivity index (χ1) is 14.6. The van der Waals surface area contributed by atoms with Gasteiger partial charge < -0.3 is 14.9 Å². The fourth-order valence-corrected chi connectivity index (χ4v) is 6.24. The highest BCUT2D eigenvalue weighted by Gasteiger charge is 2.41. The van der Waals surface area contributed by atoms with Crippen molar-refractivity contribution in [2.24, 2.45) is 11.3 Å². The van der Waals surface area contributed by atoms with E-state index < -0.39 is 21.4 Å². The molecule has 1 atom stereocenters. The molecule has 31 heavy (non-hydrogen) atoms. The summed E-state index contributed by atoms with van der Waals surface area (Å²) in [6, 6.07) is 3.53. The van der Waals surface area contributed by atoms with Crippen molar-refractivity contribution in [1.29, 1.82) is 0 Å². The van der Waals surface area contributed by atoms with Gasteiger partial charge in [0, 0.05) is 42.2 Å². The van der Waals surface area contributed by atoms with Crippen molar-refractivity contribution < 1.29 is 18.3 Å². The van der Waals surface area contributed by atoms with Gasteiger partial charge in [-0.2, -0.15) is 5.10 Å². The molecule has 2 fully saturated rings. The Bertz CT molecular complexity index is 1060. The van der Waals surface area contributed by atoms with E-state index in [-0.39, 0.29) is 36.5 Å².